The van der Waals surface area contributed by atoms with Gasteiger partial charge in [0.05, 0.1) is 16.5 Å². The van der Waals surface area contributed by atoms with E-state index in [0.717, 1.165) is 6.92 Å². The molecular weight excluding hydrogens is 632 g/mol. The Balaban J connectivity index is 1.77. The Bertz CT molecular complexity index is 1640. The SMILES string of the molecule is C=C[C@@]1(C)C[C@@H](OC(=O)c2ccccc2)C2[C@]3(C)C(C[C@@H](OC(C)=O)[C@@]2(O)C1=O)C(C)(C)[C@H](OC(C)=O)[C@H](O)[C@@H]3OC(=O)c1ccccc1. The van der Waals surface area contributed by atoms with Gasteiger partial charge in [-0.1, -0.05) is 63.2 Å². The van der Waals surface area contributed by atoms with Crippen LogP contribution in [0.5, 0.6) is 0 Å². The van der Waals surface area contributed by atoms with Crippen molar-refractivity contribution in [3.05, 3.63) is 84.4 Å². The molecule has 2 unspecified atom stereocenters. The topological polar surface area (TPSA) is 163 Å². The lowest BCUT2D eigenvalue weighted by molar-refractivity contribution is -0.313. The van der Waals surface area contributed by atoms with E-state index >= 15 is 0 Å². The number of carbonyl (C=O) groups is 5. The van der Waals surface area contributed by atoms with Crippen molar-refractivity contribution in [3.63, 3.8) is 0 Å². The first kappa shape index (κ1) is 35.9. The van der Waals surface area contributed by atoms with Gasteiger partial charge in [-0.05, 0) is 43.5 Å². The first-order valence-electron chi connectivity index (χ1n) is 16.4. The summed E-state index contributed by atoms with van der Waals surface area (Å²) in [6, 6.07) is 16.2. The second kappa shape index (κ2) is 12.8. The lowest BCUT2D eigenvalue weighted by Crippen LogP contribution is -2.80. The van der Waals surface area contributed by atoms with E-state index in [1.54, 1.807) is 76.2 Å². The number of aliphatic hydroxyl groups excluding tert-OH is 1. The molecule has 2 aromatic carbocycles. The molecular formula is C38H44O11. The van der Waals surface area contributed by atoms with Crippen LogP contribution in [0.3, 0.4) is 0 Å². The number of fused-ring (bicyclic) bond motifs is 3. The largest absolute Gasteiger partial charge is 0.459 e. The van der Waals surface area contributed by atoms with Gasteiger partial charge in [-0.25, -0.2) is 9.59 Å². The van der Waals surface area contributed by atoms with Crippen molar-refractivity contribution in [2.24, 2.45) is 28.1 Å². The third-order valence-corrected chi connectivity index (χ3v) is 11.1. The van der Waals surface area contributed by atoms with Crippen molar-refractivity contribution in [3.8, 4) is 0 Å². The van der Waals surface area contributed by atoms with Gasteiger partial charge in [0.15, 0.2) is 11.4 Å². The standard InChI is InChI=1S/C38H44O11/c1-8-36(6)20-25(48-32(42)23-15-11-9-12-16-23)29-37(7)26(19-27(46-21(2)39)38(29,45)34(36)44)35(4,5)30(47-22(3)40)28(41)31(37)49-33(43)24-17-13-10-14-18-24/h8-18,25-31,41,45H,1,19-20H2,2-7H3/t25-,26?,27-,28+,29?,30-,31+,36+,37+,38+/m1/s1. The molecule has 0 bridgehead atoms. The van der Waals surface area contributed by atoms with Crippen molar-refractivity contribution in [1.82, 2.24) is 0 Å². The van der Waals surface area contributed by atoms with Crippen LogP contribution in [0.1, 0.15) is 75.1 Å². The zero-order valence-electron chi connectivity index (χ0n) is 28.6. The predicted octanol–water partition coefficient (Wildman–Crippen LogP) is 4.24. The number of ether oxygens (including phenoxy) is 4. The molecule has 3 fully saturated rings. The van der Waals surface area contributed by atoms with Crippen LogP contribution in [-0.2, 0) is 33.3 Å². The molecule has 0 amide bonds. The number of carbonyl (C=O) groups excluding carboxylic acids is 5. The number of ketones is 1. The molecule has 49 heavy (non-hydrogen) atoms. The van der Waals surface area contributed by atoms with Crippen molar-refractivity contribution in [2.45, 2.75) is 90.5 Å². The fourth-order valence-corrected chi connectivity index (χ4v) is 9.00. The quantitative estimate of drug-likeness (QED) is 0.245. The van der Waals surface area contributed by atoms with E-state index in [9.17, 15) is 34.2 Å². The minimum Gasteiger partial charge on any atom is -0.459 e. The Morgan fingerprint density at radius 1 is 0.796 bits per heavy atom. The molecule has 262 valence electrons. The van der Waals surface area contributed by atoms with Gasteiger partial charge in [0.1, 0.15) is 30.5 Å². The molecule has 0 radical (unpaired) electrons. The molecule has 11 nitrogen and oxygen atoms in total. The van der Waals surface area contributed by atoms with Crippen LogP contribution >= 0.6 is 0 Å². The highest BCUT2D eigenvalue weighted by molar-refractivity contribution is 5.97. The summed E-state index contributed by atoms with van der Waals surface area (Å²) >= 11 is 0. The van der Waals surface area contributed by atoms with E-state index in [1.165, 1.54) is 25.1 Å². The minimum absolute atomic E-state index is 0.126. The van der Waals surface area contributed by atoms with Gasteiger partial charge in [0.2, 0.25) is 0 Å². The Morgan fingerprint density at radius 3 is 1.80 bits per heavy atom. The zero-order valence-corrected chi connectivity index (χ0v) is 28.6. The molecule has 3 aliphatic rings. The lowest BCUT2D eigenvalue weighted by Gasteiger charge is -2.69. The van der Waals surface area contributed by atoms with Gasteiger partial charge in [0, 0.05) is 37.0 Å². The highest BCUT2D eigenvalue weighted by atomic mass is 16.6. The molecule has 0 heterocycles. The van der Waals surface area contributed by atoms with Crippen LogP contribution in [0, 0.1) is 28.1 Å². The smallest absolute Gasteiger partial charge is 0.338 e. The predicted molar refractivity (Wildman–Crippen MR) is 175 cm³/mol. The summed E-state index contributed by atoms with van der Waals surface area (Å²) in [5.74, 6) is -5.91. The van der Waals surface area contributed by atoms with Gasteiger partial charge in [-0.3, -0.25) is 14.4 Å². The fraction of sp³-hybridized carbons (Fsp3) is 0.500. The molecule has 3 aliphatic carbocycles. The van der Waals surface area contributed by atoms with Gasteiger partial charge in [-0.15, -0.1) is 6.58 Å². The molecule has 0 aliphatic heterocycles. The highest BCUT2D eigenvalue weighted by Crippen LogP contribution is 2.67. The lowest BCUT2D eigenvalue weighted by atomic mass is 9.38. The van der Waals surface area contributed by atoms with E-state index < -0.39 is 93.9 Å². The van der Waals surface area contributed by atoms with Crippen LogP contribution < -0.4 is 0 Å². The summed E-state index contributed by atoms with van der Waals surface area (Å²) in [5.41, 5.74) is -6.28. The normalized spacial score (nSPS) is 36.2. The van der Waals surface area contributed by atoms with Crippen LogP contribution in [-0.4, -0.2) is 76.0 Å². The second-order valence-electron chi connectivity index (χ2n) is 14.6. The highest BCUT2D eigenvalue weighted by Gasteiger charge is 2.78. The van der Waals surface area contributed by atoms with E-state index in [4.69, 9.17) is 18.9 Å². The van der Waals surface area contributed by atoms with Gasteiger partial charge < -0.3 is 29.2 Å². The Morgan fingerprint density at radius 2 is 1.31 bits per heavy atom. The number of Topliss-reactive ketones (excluding diaryl/α,β-unsaturated/α-hetero) is 1. The van der Waals surface area contributed by atoms with Gasteiger partial charge in [-0.2, -0.15) is 0 Å². The van der Waals surface area contributed by atoms with Crippen LogP contribution in [0.15, 0.2) is 73.3 Å². The summed E-state index contributed by atoms with van der Waals surface area (Å²) in [7, 11) is 0. The van der Waals surface area contributed by atoms with Crippen LogP contribution in [0.4, 0.5) is 0 Å². The number of hydrogen-bond acceptors (Lipinski definition) is 11. The first-order chi connectivity index (χ1) is 22.9. The van der Waals surface area contributed by atoms with Crippen molar-refractivity contribution in [2.75, 3.05) is 0 Å². The molecule has 0 aromatic heterocycles. The number of benzene rings is 2. The second-order valence-corrected chi connectivity index (χ2v) is 14.6. The van der Waals surface area contributed by atoms with E-state index in [-0.39, 0.29) is 24.0 Å². The molecule has 10 atom stereocenters. The maximum Gasteiger partial charge on any atom is 0.338 e. The molecule has 0 saturated heterocycles. The molecule has 2 N–H and O–H groups in total. The van der Waals surface area contributed by atoms with Crippen LogP contribution in [0.2, 0.25) is 0 Å². The molecule has 3 saturated carbocycles. The number of allylic oxidation sites excluding steroid dienone is 1. The molecule has 2 aromatic rings. The van der Waals surface area contributed by atoms with E-state index in [2.05, 4.69) is 6.58 Å². The molecule has 0 spiro atoms. The Labute approximate surface area is 285 Å². The molecule has 5 rings (SSSR count). The summed E-state index contributed by atoms with van der Waals surface area (Å²) < 4.78 is 23.8. The molecule has 11 heteroatoms. The summed E-state index contributed by atoms with van der Waals surface area (Å²) in [6.45, 7) is 12.9. The minimum atomic E-state index is -2.51. The van der Waals surface area contributed by atoms with E-state index in [0.29, 0.717) is 0 Å². The summed E-state index contributed by atoms with van der Waals surface area (Å²) in [5, 5.41) is 25.1. The number of esters is 4. The zero-order chi connectivity index (χ0) is 36.1. The van der Waals surface area contributed by atoms with E-state index in [1.807, 2.05) is 0 Å². The third kappa shape index (κ3) is 5.86. The maximum atomic E-state index is 14.7. The van der Waals surface area contributed by atoms with Gasteiger partial charge >= 0.3 is 23.9 Å². The number of hydrogen-bond donors (Lipinski definition) is 2. The van der Waals surface area contributed by atoms with Crippen LogP contribution in [0.25, 0.3) is 0 Å². The Hall–Kier alpha value is -4.35. The summed E-state index contributed by atoms with van der Waals surface area (Å²) in [4.78, 5) is 67.1. The number of rotatable bonds is 7. The fourth-order valence-electron chi connectivity index (χ4n) is 9.00. The average molecular weight is 677 g/mol. The monoisotopic (exact) mass is 676 g/mol. The van der Waals surface area contributed by atoms with Crippen molar-refractivity contribution < 1.29 is 53.1 Å². The van der Waals surface area contributed by atoms with Crippen molar-refractivity contribution >= 4 is 29.7 Å². The van der Waals surface area contributed by atoms with Crippen molar-refractivity contribution in [1.29, 1.82) is 0 Å². The third-order valence-electron chi connectivity index (χ3n) is 11.1. The number of aliphatic hydroxyl groups is 2. The maximum absolute atomic E-state index is 14.7. The summed E-state index contributed by atoms with van der Waals surface area (Å²) in [6.07, 6.45) is -6.03. The first-order valence-corrected chi connectivity index (χ1v) is 16.4. The Kier molecular flexibility index (Phi) is 9.42. The average Bonchev–Trinajstić information content (AvgIpc) is 3.05. The van der Waals surface area contributed by atoms with Gasteiger partial charge in [0.25, 0.3) is 0 Å².